The highest BCUT2D eigenvalue weighted by molar-refractivity contribution is 5.89. The van der Waals surface area contributed by atoms with Crippen LogP contribution in [0.2, 0.25) is 0 Å². The molecule has 0 fully saturated rings. The van der Waals surface area contributed by atoms with E-state index in [1.165, 1.54) is 31.2 Å². The number of nitrogen functional groups attached to an aromatic ring is 1. The van der Waals surface area contributed by atoms with Gasteiger partial charge in [-0.2, -0.15) is 0 Å². The van der Waals surface area contributed by atoms with Crippen LogP contribution in [0.4, 0.5) is 22.7 Å². The number of nitrogens with one attached hydrogen (secondary N) is 1. The molecule has 0 spiro atoms. The molecule has 2 aromatic carbocycles. The molecule has 0 aromatic heterocycles. The van der Waals surface area contributed by atoms with Crippen molar-refractivity contribution in [1.82, 2.24) is 0 Å². The number of nitrogens with two attached hydrogens (primary N) is 1. The minimum atomic E-state index is -0.441. The summed E-state index contributed by atoms with van der Waals surface area (Å²) in [5, 5.41) is 23.7. The lowest BCUT2D eigenvalue weighted by atomic mass is 10.0. The fraction of sp³-hybridized carbons (Fsp3) is 0.350. The van der Waals surface area contributed by atoms with Crippen LogP contribution in [0.15, 0.2) is 36.4 Å². The molecule has 1 amide bonds. The molecule has 0 saturated carbocycles. The molecule has 0 aliphatic heterocycles. The second kappa shape index (κ2) is 10.2. The first-order valence-electron chi connectivity index (χ1n) is 9.03. The van der Waals surface area contributed by atoms with Crippen LogP contribution in [-0.4, -0.2) is 15.8 Å². The molecule has 0 radical (unpaired) electrons. The van der Waals surface area contributed by atoms with Gasteiger partial charge in [-0.25, -0.2) is 0 Å². The number of carbonyl (C=O) groups excluding carboxylic acids is 1. The number of amides is 1. The molecule has 0 heterocycles. The standard InChI is InChI=1S/C11H14N2O3.C9H12N2O2/c1-7(2)10-6-9(13(15)16)4-5-11(10)12-8(3)14;1-6(2)8-5-7(11(12)13)3-4-9(8)10/h4-7H,1-3H3,(H,12,14);3-6H,10H2,1-2H3. The normalized spacial score (nSPS) is 10.3. The highest BCUT2D eigenvalue weighted by Gasteiger charge is 2.14. The number of carbonyl (C=O) groups is 1. The quantitative estimate of drug-likeness (QED) is 0.410. The van der Waals surface area contributed by atoms with E-state index in [0.29, 0.717) is 11.4 Å². The van der Waals surface area contributed by atoms with Crippen molar-refractivity contribution >= 4 is 28.7 Å². The third kappa shape index (κ3) is 6.87. The zero-order chi connectivity index (χ0) is 22.3. The van der Waals surface area contributed by atoms with Crippen molar-refractivity contribution < 1.29 is 14.6 Å². The predicted molar refractivity (Wildman–Crippen MR) is 113 cm³/mol. The van der Waals surface area contributed by atoms with E-state index in [1.807, 2.05) is 27.7 Å². The van der Waals surface area contributed by atoms with E-state index in [0.717, 1.165) is 11.1 Å². The monoisotopic (exact) mass is 402 g/mol. The summed E-state index contributed by atoms with van der Waals surface area (Å²) >= 11 is 0. The van der Waals surface area contributed by atoms with Crippen LogP contribution in [0.5, 0.6) is 0 Å². The summed E-state index contributed by atoms with van der Waals surface area (Å²) in [6.07, 6.45) is 0. The van der Waals surface area contributed by atoms with Crippen molar-refractivity contribution in [3.8, 4) is 0 Å². The van der Waals surface area contributed by atoms with Crippen LogP contribution < -0.4 is 11.1 Å². The lowest BCUT2D eigenvalue weighted by Crippen LogP contribution is -2.09. The highest BCUT2D eigenvalue weighted by atomic mass is 16.6. The predicted octanol–water partition coefficient (Wildman–Crippen LogP) is 4.98. The minimum Gasteiger partial charge on any atom is -0.398 e. The Hall–Kier alpha value is -3.49. The SMILES string of the molecule is CC(=O)Nc1ccc([N+](=O)[O-])cc1C(C)C.CC(C)c1cc([N+](=O)[O-])ccc1N. The Morgan fingerprint density at radius 2 is 1.34 bits per heavy atom. The van der Waals surface area contributed by atoms with Gasteiger partial charge in [0.25, 0.3) is 11.4 Å². The van der Waals surface area contributed by atoms with Crippen LogP contribution >= 0.6 is 0 Å². The molecule has 0 aliphatic rings. The third-order valence-corrected chi connectivity index (χ3v) is 4.08. The van der Waals surface area contributed by atoms with Gasteiger partial charge in [-0.1, -0.05) is 27.7 Å². The summed E-state index contributed by atoms with van der Waals surface area (Å²) < 4.78 is 0. The van der Waals surface area contributed by atoms with Gasteiger partial charge in [0, 0.05) is 42.6 Å². The lowest BCUT2D eigenvalue weighted by Gasteiger charge is -2.12. The summed E-state index contributed by atoms with van der Waals surface area (Å²) in [6, 6.07) is 8.97. The maximum Gasteiger partial charge on any atom is 0.269 e. The second-order valence-corrected chi connectivity index (χ2v) is 7.09. The molecule has 156 valence electrons. The number of rotatable bonds is 5. The summed E-state index contributed by atoms with van der Waals surface area (Å²) in [5.41, 5.74) is 8.64. The highest BCUT2D eigenvalue weighted by Crippen LogP contribution is 2.28. The van der Waals surface area contributed by atoms with E-state index in [-0.39, 0.29) is 29.1 Å². The maximum atomic E-state index is 11.0. The molecule has 0 atom stereocenters. The molecule has 0 bridgehead atoms. The number of nitro benzene ring substituents is 2. The Bertz CT molecular complexity index is 910. The first-order valence-corrected chi connectivity index (χ1v) is 9.03. The van der Waals surface area contributed by atoms with E-state index in [4.69, 9.17) is 5.73 Å². The van der Waals surface area contributed by atoms with Gasteiger partial charge >= 0.3 is 0 Å². The average molecular weight is 402 g/mol. The van der Waals surface area contributed by atoms with E-state index in [2.05, 4.69) is 5.32 Å². The molecule has 0 unspecified atom stereocenters. The molecule has 3 N–H and O–H groups in total. The maximum absolute atomic E-state index is 11.0. The molecule has 0 aliphatic carbocycles. The zero-order valence-corrected chi connectivity index (χ0v) is 17.1. The molecule has 9 nitrogen and oxygen atoms in total. The van der Waals surface area contributed by atoms with Crippen molar-refractivity contribution in [3.63, 3.8) is 0 Å². The van der Waals surface area contributed by atoms with Gasteiger partial charge in [0.15, 0.2) is 0 Å². The molecule has 2 rings (SSSR count). The van der Waals surface area contributed by atoms with Crippen molar-refractivity contribution in [2.24, 2.45) is 0 Å². The van der Waals surface area contributed by atoms with Gasteiger partial charge < -0.3 is 11.1 Å². The smallest absolute Gasteiger partial charge is 0.269 e. The number of benzene rings is 2. The zero-order valence-electron chi connectivity index (χ0n) is 17.1. The minimum absolute atomic E-state index is 0.0396. The van der Waals surface area contributed by atoms with Crippen LogP contribution in [0.25, 0.3) is 0 Å². The van der Waals surface area contributed by atoms with Gasteiger partial charge in [-0.3, -0.25) is 25.0 Å². The van der Waals surface area contributed by atoms with Crippen molar-refractivity contribution in [3.05, 3.63) is 67.8 Å². The molecule has 2 aromatic rings. The Balaban J connectivity index is 0.000000296. The van der Waals surface area contributed by atoms with E-state index >= 15 is 0 Å². The average Bonchev–Trinajstić information content (AvgIpc) is 2.61. The molecule has 0 saturated heterocycles. The summed E-state index contributed by atoms with van der Waals surface area (Å²) in [6.45, 7) is 9.16. The third-order valence-electron chi connectivity index (χ3n) is 4.08. The fourth-order valence-electron chi connectivity index (χ4n) is 2.62. The van der Waals surface area contributed by atoms with Gasteiger partial charge in [-0.05, 0) is 35.1 Å². The first-order chi connectivity index (χ1) is 13.4. The first kappa shape index (κ1) is 23.5. The Morgan fingerprint density at radius 3 is 1.76 bits per heavy atom. The van der Waals surface area contributed by atoms with Crippen LogP contribution in [0, 0.1) is 20.2 Å². The van der Waals surface area contributed by atoms with Crippen LogP contribution in [-0.2, 0) is 4.79 Å². The lowest BCUT2D eigenvalue weighted by molar-refractivity contribution is -0.385. The van der Waals surface area contributed by atoms with Crippen LogP contribution in [0.1, 0.15) is 57.6 Å². The van der Waals surface area contributed by atoms with Gasteiger partial charge in [-0.15, -0.1) is 0 Å². The summed E-state index contributed by atoms with van der Waals surface area (Å²) in [7, 11) is 0. The number of non-ortho nitro benzene ring substituents is 2. The van der Waals surface area contributed by atoms with Crippen molar-refractivity contribution in [2.45, 2.75) is 46.5 Å². The number of nitro groups is 2. The van der Waals surface area contributed by atoms with Gasteiger partial charge in [0.05, 0.1) is 9.85 Å². The molecule has 29 heavy (non-hydrogen) atoms. The summed E-state index contributed by atoms with van der Waals surface area (Å²) in [4.78, 5) is 31.2. The topological polar surface area (TPSA) is 141 Å². The second-order valence-electron chi connectivity index (χ2n) is 7.09. The fourth-order valence-corrected chi connectivity index (χ4v) is 2.62. The summed E-state index contributed by atoms with van der Waals surface area (Å²) in [5.74, 6) is 0.136. The van der Waals surface area contributed by atoms with Crippen molar-refractivity contribution in [1.29, 1.82) is 0 Å². The number of nitrogens with zero attached hydrogens (tertiary/aromatic N) is 2. The van der Waals surface area contributed by atoms with Crippen LogP contribution in [0.3, 0.4) is 0 Å². The Labute approximate surface area is 169 Å². The van der Waals surface area contributed by atoms with E-state index in [1.54, 1.807) is 12.1 Å². The Morgan fingerprint density at radius 1 is 0.897 bits per heavy atom. The molecular weight excluding hydrogens is 376 g/mol. The number of anilines is 2. The molecular formula is C20H26N4O5. The molecule has 9 heteroatoms. The van der Waals surface area contributed by atoms with E-state index in [9.17, 15) is 25.0 Å². The van der Waals surface area contributed by atoms with E-state index < -0.39 is 9.85 Å². The number of hydrogen-bond acceptors (Lipinski definition) is 6. The van der Waals surface area contributed by atoms with Gasteiger partial charge in [0.1, 0.15) is 0 Å². The van der Waals surface area contributed by atoms with Crippen molar-refractivity contribution in [2.75, 3.05) is 11.1 Å². The number of hydrogen-bond donors (Lipinski definition) is 2. The van der Waals surface area contributed by atoms with Gasteiger partial charge in [0.2, 0.25) is 5.91 Å². The largest absolute Gasteiger partial charge is 0.398 e. The Kier molecular flexibility index (Phi) is 8.25.